The second kappa shape index (κ2) is 4.85. The highest BCUT2D eigenvalue weighted by atomic mass is 16.5. The predicted molar refractivity (Wildman–Crippen MR) is 77.2 cm³/mol. The maximum absolute atomic E-state index is 12.6. The molecule has 0 bridgehead atoms. The van der Waals surface area contributed by atoms with Crippen LogP contribution < -0.4 is 0 Å². The number of rotatable bonds is 3. The molecular weight excluding hydrogens is 238 g/mol. The minimum absolute atomic E-state index is 0.00269. The van der Waals surface area contributed by atoms with Crippen LogP contribution in [0, 0.1) is 5.92 Å². The SMILES string of the molecule is CCC1CCC(C)N1CC1C(=O)C(C)(C)OC1(C)C. The second-order valence-electron chi connectivity index (χ2n) is 7.32. The van der Waals surface area contributed by atoms with E-state index >= 15 is 0 Å². The summed E-state index contributed by atoms with van der Waals surface area (Å²) >= 11 is 0. The predicted octanol–water partition coefficient (Wildman–Crippen LogP) is 3.02. The lowest BCUT2D eigenvalue weighted by molar-refractivity contribution is -0.132. The molecule has 19 heavy (non-hydrogen) atoms. The van der Waals surface area contributed by atoms with Crippen molar-refractivity contribution in [3.8, 4) is 0 Å². The summed E-state index contributed by atoms with van der Waals surface area (Å²) in [6.45, 7) is 13.3. The van der Waals surface area contributed by atoms with E-state index in [1.54, 1.807) is 0 Å². The molecule has 2 fully saturated rings. The van der Waals surface area contributed by atoms with Crippen molar-refractivity contribution in [1.29, 1.82) is 0 Å². The Hall–Kier alpha value is -0.410. The molecule has 3 heteroatoms. The number of ether oxygens (including phenoxy) is 1. The molecule has 2 aliphatic rings. The van der Waals surface area contributed by atoms with Crippen molar-refractivity contribution in [2.24, 2.45) is 5.92 Å². The molecule has 3 atom stereocenters. The van der Waals surface area contributed by atoms with Gasteiger partial charge in [0.15, 0.2) is 5.78 Å². The van der Waals surface area contributed by atoms with Crippen molar-refractivity contribution in [3.05, 3.63) is 0 Å². The second-order valence-corrected chi connectivity index (χ2v) is 7.32. The van der Waals surface area contributed by atoms with Crippen LogP contribution in [-0.2, 0) is 9.53 Å². The molecule has 3 nitrogen and oxygen atoms in total. The Balaban J connectivity index is 2.16. The first-order chi connectivity index (χ1) is 8.69. The Labute approximate surface area is 117 Å². The van der Waals surface area contributed by atoms with Crippen LogP contribution in [0.1, 0.15) is 60.8 Å². The molecule has 0 aromatic carbocycles. The summed E-state index contributed by atoms with van der Waals surface area (Å²) in [5.74, 6) is 0.267. The lowest BCUT2D eigenvalue weighted by Crippen LogP contribution is -2.45. The molecule has 2 rings (SSSR count). The van der Waals surface area contributed by atoms with Crippen LogP contribution in [0.5, 0.6) is 0 Å². The molecule has 0 radical (unpaired) electrons. The molecule has 110 valence electrons. The third-order valence-corrected chi connectivity index (χ3v) is 5.08. The van der Waals surface area contributed by atoms with E-state index in [2.05, 4.69) is 32.6 Å². The first-order valence-corrected chi connectivity index (χ1v) is 7.69. The molecule has 2 aliphatic heterocycles. The van der Waals surface area contributed by atoms with Crippen LogP contribution in [0.2, 0.25) is 0 Å². The maximum Gasteiger partial charge on any atom is 0.171 e. The normalized spacial score (nSPS) is 38.0. The fourth-order valence-corrected chi connectivity index (χ4v) is 3.92. The molecule has 0 N–H and O–H groups in total. The van der Waals surface area contributed by atoms with Crippen LogP contribution in [0.4, 0.5) is 0 Å². The summed E-state index contributed by atoms with van der Waals surface area (Å²) in [5, 5.41) is 0. The number of ketones is 1. The maximum atomic E-state index is 12.6. The molecular formula is C16H29NO2. The van der Waals surface area contributed by atoms with Gasteiger partial charge in [-0.05, 0) is 53.9 Å². The molecule has 2 saturated heterocycles. The van der Waals surface area contributed by atoms with Crippen LogP contribution in [0.25, 0.3) is 0 Å². The van der Waals surface area contributed by atoms with Crippen molar-refractivity contribution in [1.82, 2.24) is 4.90 Å². The summed E-state index contributed by atoms with van der Waals surface area (Å²) < 4.78 is 6.00. The highest BCUT2D eigenvalue weighted by molar-refractivity contribution is 5.91. The van der Waals surface area contributed by atoms with E-state index in [1.165, 1.54) is 19.3 Å². The summed E-state index contributed by atoms with van der Waals surface area (Å²) in [5.41, 5.74) is -0.972. The highest BCUT2D eigenvalue weighted by Crippen LogP contribution is 2.41. The van der Waals surface area contributed by atoms with Crippen LogP contribution in [0.15, 0.2) is 0 Å². The molecule has 0 aromatic rings. The van der Waals surface area contributed by atoms with Gasteiger partial charge in [-0.15, -0.1) is 0 Å². The van der Waals surface area contributed by atoms with Gasteiger partial charge in [-0.2, -0.15) is 0 Å². The van der Waals surface area contributed by atoms with Crippen molar-refractivity contribution in [2.45, 2.75) is 84.1 Å². The molecule has 0 spiro atoms. The number of carbonyl (C=O) groups excluding carboxylic acids is 1. The quantitative estimate of drug-likeness (QED) is 0.787. The van der Waals surface area contributed by atoms with Gasteiger partial charge in [0.2, 0.25) is 0 Å². The Morgan fingerprint density at radius 3 is 2.37 bits per heavy atom. The van der Waals surface area contributed by atoms with Gasteiger partial charge in [-0.25, -0.2) is 0 Å². The number of hydrogen-bond donors (Lipinski definition) is 0. The van der Waals surface area contributed by atoms with Crippen LogP contribution in [0.3, 0.4) is 0 Å². The van der Waals surface area contributed by atoms with Gasteiger partial charge in [-0.1, -0.05) is 6.92 Å². The summed E-state index contributed by atoms with van der Waals surface area (Å²) in [6, 6.07) is 1.24. The van der Waals surface area contributed by atoms with Gasteiger partial charge < -0.3 is 4.74 Å². The summed E-state index contributed by atoms with van der Waals surface area (Å²) in [4.78, 5) is 15.1. The molecule has 0 aromatic heterocycles. The third kappa shape index (κ3) is 2.59. The van der Waals surface area contributed by atoms with Gasteiger partial charge in [-0.3, -0.25) is 9.69 Å². The Morgan fingerprint density at radius 1 is 1.26 bits per heavy atom. The van der Waals surface area contributed by atoms with Crippen LogP contribution >= 0.6 is 0 Å². The molecule has 0 saturated carbocycles. The number of Topliss-reactive ketones (excluding diaryl/α,β-unsaturated/α-hetero) is 1. The van der Waals surface area contributed by atoms with Gasteiger partial charge in [0, 0.05) is 18.6 Å². The smallest absolute Gasteiger partial charge is 0.171 e. The molecule has 3 unspecified atom stereocenters. The van der Waals surface area contributed by atoms with E-state index in [9.17, 15) is 4.79 Å². The van der Waals surface area contributed by atoms with Crippen molar-refractivity contribution >= 4 is 5.78 Å². The monoisotopic (exact) mass is 267 g/mol. The van der Waals surface area contributed by atoms with Crippen LogP contribution in [-0.4, -0.2) is 40.5 Å². The number of likely N-dealkylation sites (tertiary alicyclic amines) is 1. The number of carbonyl (C=O) groups is 1. The van der Waals surface area contributed by atoms with E-state index in [1.807, 2.05) is 13.8 Å². The topological polar surface area (TPSA) is 29.5 Å². The Bertz CT molecular complexity index is 362. The van der Waals surface area contributed by atoms with Crippen molar-refractivity contribution in [3.63, 3.8) is 0 Å². The fraction of sp³-hybridized carbons (Fsp3) is 0.938. The number of hydrogen-bond acceptors (Lipinski definition) is 3. The average Bonchev–Trinajstić information content (AvgIpc) is 2.70. The van der Waals surface area contributed by atoms with E-state index < -0.39 is 5.60 Å². The standard InChI is InChI=1S/C16H29NO2/c1-7-12-9-8-11(2)17(12)10-13-14(18)16(5,6)19-15(13,3)4/h11-13H,7-10H2,1-6H3. The largest absolute Gasteiger partial charge is 0.361 e. The minimum atomic E-state index is -0.626. The molecule has 0 amide bonds. The van der Waals surface area contributed by atoms with Gasteiger partial charge in [0.05, 0.1) is 11.5 Å². The lowest BCUT2D eigenvalue weighted by atomic mass is 9.85. The third-order valence-electron chi connectivity index (χ3n) is 5.08. The molecule has 0 aliphatic carbocycles. The average molecular weight is 267 g/mol. The number of nitrogens with zero attached hydrogens (tertiary/aromatic N) is 1. The zero-order valence-electron chi connectivity index (χ0n) is 13.3. The molecule has 2 heterocycles. The first kappa shape index (κ1) is 15.0. The zero-order chi connectivity index (χ0) is 14.4. The van der Waals surface area contributed by atoms with Gasteiger partial charge >= 0.3 is 0 Å². The van der Waals surface area contributed by atoms with Gasteiger partial charge in [0.1, 0.15) is 5.60 Å². The Morgan fingerprint density at radius 2 is 1.89 bits per heavy atom. The summed E-state index contributed by atoms with van der Waals surface area (Å²) in [7, 11) is 0. The fourth-order valence-electron chi connectivity index (χ4n) is 3.92. The Kier molecular flexibility index (Phi) is 3.83. The van der Waals surface area contributed by atoms with Gasteiger partial charge in [0.25, 0.3) is 0 Å². The van der Waals surface area contributed by atoms with E-state index in [0.717, 1.165) is 6.54 Å². The lowest BCUT2D eigenvalue weighted by Gasteiger charge is -2.33. The minimum Gasteiger partial charge on any atom is -0.361 e. The van der Waals surface area contributed by atoms with Crippen molar-refractivity contribution < 1.29 is 9.53 Å². The summed E-state index contributed by atoms with van der Waals surface area (Å²) in [6.07, 6.45) is 3.70. The van der Waals surface area contributed by atoms with E-state index in [4.69, 9.17) is 4.74 Å². The zero-order valence-corrected chi connectivity index (χ0v) is 13.3. The highest BCUT2D eigenvalue weighted by Gasteiger charge is 2.54. The van der Waals surface area contributed by atoms with E-state index in [0.29, 0.717) is 12.1 Å². The van der Waals surface area contributed by atoms with Crippen molar-refractivity contribution in [2.75, 3.05) is 6.54 Å². The van der Waals surface area contributed by atoms with E-state index in [-0.39, 0.29) is 17.3 Å². The first-order valence-electron chi connectivity index (χ1n) is 7.69.